The zero-order valence-corrected chi connectivity index (χ0v) is 64.8. The molecule has 13 atom stereocenters. The Labute approximate surface area is 676 Å². The molecule has 8 aromatic carbocycles. The van der Waals surface area contributed by atoms with E-state index in [1.54, 1.807) is 72.8 Å². The average Bonchev–Trinajstić information content (AvgIpc) is 0.801. The Hall–Kier alpha value is -12.3. The molecule has 0 aliphatic heterocycles. The lowest BCUT2D eigenvalue weighted by Gasteiger charge is -2.41. The zero-order chi connectivity index (χ0) is 83.9. The van der Waals surface area contributed by atoms with Crippen molar-refractivity contribution in [2.75, 3.05) is 33.5 Å². The van der Waals surface area contributed by atoms with Gasteiger partial charge in [0.05, 0.1) is 64.3 Å². The molecular formula is C89H94O28. The van der Waals surface area contributed by atoms with Gasteiger partial charge in [0.15, 0.2) is 49.4 Å². The molecule has 117 heavy (non-hydrogen) atoms. The first-order valence-corrected chi connectivity index (χ1v) is 37.9. The van der Waals surface area contributed by atoms with Crippen LogP contribution in [-0.4, -0.2) is 188 Å². The van der Waals surface area contributed by atoms with Crippen LogP contribution in [0.15, 0.2) is 243 Å². The van der Waals surface area contributed by atoms with Gasteiger partial charge in [-0.3, -0.25) is 14.4 Å². The van der Waals surface area contributed by atoms with E-state index in [1.807, 2.05) is 0 Å². The molecule has 0 heterocycles. The van der Waals surface area contributed by atoms with E-state index in [9.17, 15) is 68.1 Å². The van der Waals surface area contributed by atoms with Crippen LogP contribution in [0, 0.1) is 5.92 Å². The fourth-order valence-electron chi connectivity index (χ4n) is 12.1. The number of rotatable bonds is 48. The van der Waals surface area contributed by atoms with Crippen LogP contribution in [0.4, 0.5) is 0 Å². The number of carbonyl (C=O) groups is 11. The molecule has 13 unspecified atom stereocenters. The minimum Gasteiger partial charge on any atom is -0.481 e. The standard InChI is InChI=1S/C89H94O28/c1-58(57-108-87(102)76(116-85(100)67-47-29-15-30-48-67)73(113-83(98)65-43-25-13-26-44-65)69(111-81(96)63-39-21-11-22-40-63)52-55-105-79(94)61-35-17-9-18-36-61)72(109-59(2)90)75(78(110-60(3)91)89(104-4)107-54-34-8-6-5-7-33-51-71(92)93)115-88(103)77(117-86(101)68-49-31-16-32-50-68)74(114-84(99)66-45-27-14-28-46-66)70(112-82(97)64-41-23-12-24-42-64)53-56-106-80(95)62-37-19-10-20-38-62/h9-32,35-50,58,69-70,72-78,87-89,102-103H,5-8,33-34,51-57H2,1-4H3,(H,92,93). The van der Waals surface area contributed by atoms with E-state index < -0.39 is 178 Å². The number of aliphatic hydroxyl groups excluding tert-OH is 2. The molecule has 0 saturated carbocycles. The highest BCUT2D eigenvalue weighted by molar-refractivity contribution is 5.93. The van der Waals surface area contributed by atoms with Crippen LogP contribution in [0.5, 0.6) is 0 Å². The maximum atomic E-state index is 14.9. The lowest BCUT2D eigenvalue weighted by Crippen LogP contribution is -2.58. The van der Waals surface area contributed by atoms with Crippen LogP contribution >= 0.6 is 0 Å². The fraction of sp³-hybridized carbons (Fsp3) is 0.337. The summed E-state index contributed by atoms with van der Waals surface area (Å²) in [4.78, 5) is 154. The number of ether oxygens (including phenoxy) is 14. The molecule has 0 aliphatic rings. The van der Waals surface area contributed by atoms with Crippen LogP contribution in [0.1, 0.15) is 161 Å². The Bertz CT molecular complexity index is 4410. The first-order chi connectivity index (χ1) is 56.6. The number of esters is 10. The molecule has 0 radical (unpaired) electrons. The van der Waals surface area contributed by atoms with Gasteiger partial charge in [-0.1, -0.05) is 178 Å². The number of hydrogen-bond acceptors (Lipinski definition) is 27. The Kier molecular flexibility index (Phi) is 37.1. The van der Waals surface area contributed by atoms with Crippen molar-refractivity contribution in [2.45, 2.75) is 152 Å². The molecule has 8 rings (SSSR count). The first kappa shape index (κ1) is 90.2. The first-order valence-electron chi connectivity index (χ1n) is 37.9. The second kappa shape index (κ2) is 48.2. The van der Waals surface area contributed by atoms with Gasteiger partial charge in [0.25, 0.3) is 0 Å². The van der Waals surface area contributed by atoms with Crippen molar-refractivity contribution in [2.24, 2.45) is 5.92 Å². The van der Waals surface area contributed by atoms with E-state index in [0.29, 0.717) is 38.5 Å². The third-order valence-corrected chi connectivity index (χ3v) is 18.0. The van der Waals surface area contributed by atoms with Gasteiger partial charge in [0, 0.05) is 52.7 Å². The Morgan fingerprint density at radius 3 is 0.923 bits per heavy atom. The minimum absolute atomic E-state index is 0.0125. The maximum absolute atomic E-state index is 14.9. The van der Waals surface area contributed by atoms with Crippen molar-refractivity contribution in [1.29, 1.82) is 0 Å². The van der Waals surface area contributed by atoms with Crippen molar-refractivity contribution in [3.8, 4) is 0 Å². The van der Waals surface area contributed by atoms with Gasteiger partial charge in [-0.15, -0.1) is 0 Å². The topological polar surface area (TPSA) is 378 Å². The molecular weight excluding hydrogens is 1520 g/mol. The number of carbonyl (C=O) groups excluding carboxylic acids is 10. The molecule has 3 N–H and O–H groups in total. The summed E-state index contributed by atoms with van der Waals surface area (Å²) in [6, 6.07) is 59.9. The predicted molar refractivity (Wildman–Crippen MR) is 416 cm³/mol. The maximum Gasteiger partial charge on any atom is 0.338 e. The summed E-state index contributed by atoms with van der Waals surface area (Å²) in [7, 11) is 1.15. The van der Waals surface area contributed by atoms with Gasteiger partial charge in [-0.05, 0) is 110 Å². The molecule has 28 nitrogen and oxygen atoms in total. The molecule has 28 heteroatoms. The fourth-order valence-corrected chi connectivity index (χ4v) is 12.1. The molecule has 0 saturated heterocycles. The molecule has 0 spiro atoms. The SMILES string of the molecule is COC(OCCCCCCCCC(=O)O)C(OC(C)=O)C(OC(O)C(OC(=O)c1ccccc1)C(OC(=O)c1ccccc1)C(CCOC(=O)c1ccccc1)OC(=O)c1ccccc1)C(OC(C)=O)C(C)COC(O)C(OC(=O)c1ccccc1)C(OC(=O)c1ccccc1)C(CCOC(=O)c1ccccc1)OC(=O)c1ccccc1. The summed E-state index contributed by atoms with van der Waals surface area (Å²) < 4.78 is 86.2. The van der Waals surface area contributed by atoms with Crippen LogP contribution in [0.2, 0.25) is 0 Å². The number of aliphatic carboxylic acids is 1. The van der Waals surface area contributed by atoms with Gasteiger partial charge in [0.1, 0.15) is 24.4 Å². The summed E-state index contributed by atoms with van der Waals surface area (Å²) in [5.41, 5.74) is -0.328. The lowest BCUT2D eigenvalue weighted by atomic mass is 9.95. The van der Waals surface area contributed by atoms with Crippen LogP contribution < -0.4 is 0 Å². The summed E-state index contributed by atoms with van der Waals surface area (Å²) >= 11 is 0. The molecule has 8 aromatic rings. The summed E-state index contributed by atoms with van der Waals surface area (Å²) in [6.07, 6.45) is -24.1. The van der Waals surface area contributed by atoms with E-state index in [4.69, 9.17) is 66.3 Å². The number of benzene rings is 8. The summed E-state index contributed by atoms with van der Waals surface area (Å²) in [5.74, 6) is -13.0. The van der Waals surface area contributed by atoms with Crippen LogP contribution in [0.3, 0.4) is 0 Å². The van der Waals surface area contributed by atoms with Crippen molar-refractivity contribution >= 4 is 65.7 Å². The molecule has 0 fully saturated rings. The van der Waals surface area contributed by atoms with Gasteiger partial charge in [-0.25, -0.2) is 38.4 Å². The van der Waals surface area contributed by atoms with Gasteiger partial charge in [-0.2, -0.15) is 0 Å². The van der Waals surface area contributed by atoms with Gasteiger partial charge < -0.3 is 81.6 Å². The Balaban J connectivity index is 1.27. The minimum atomic E-state index is -2.78. The zero-order valence-electron chi connectivity index (χ0n) is 64.8. The second-order valence-corrected chi connectivity index (χ2v) is 26.7. The highest BCUT2D eigenvalue weighted by atomic mass is 16.7. The van der Waals surface area contributed by atoms with Crippen molar-refractivity contribution in [1.82, 2.24) is 0 Å². The Morgan fingerprint density at radius 2 is 0.598 bits per heavy atom. The monoisotopic (exact) mass is 1610 g/mol. The molecule has 0 bridgehead atoms. The quantitative estimate of drug-likeness (QED) is 0.0138. The van der Waals surface area contributed by atoms with Crippen LogP contribution in [-0.2, 0) is 80.7 Å². The largest absolute Gasteiger partial charge is 0.481 e. The van der Waals surface area contributed by atoms with Gasteiger partial charge in [0.2, 0.25) is 0 Å². The van der Waals surface area contributed by atoms with E-state index in [2.05, 4.69) is 0 Å². The third kappa shape index (κ3) is 29.5. The van der Waals surface area contributed by atoms with E-state index in [1.165, 1.54) is 177 Å². The number of carboxylic acids is 1. The van der Waals surface area contributed by atoms with E-state index in [0.717, 1.165) is 21.0 Å². The highest BCUT2D eigenvalue weighted by Crippen LogP contribution is 2.32. The number of methoxy groups -OCH3 is 1. The molecule has 0 amide bonds. The average molecular weight is 1610 g/mol. The van der Waals surface area contributed by atoms with E-state index >= 15 is 0 Å². The van der Waals surface area contributed by atoms with Crippen molar-refractivity contribution in [3.05, 3.63) is 287 Å². The summed E-state index contributed by atoms with van der Waals surface area (Å²) in [5, 5.41) is 35.6. The number of aliphatic hydroxyl groups is 2. The van der Waals surface area contributed by atoms with Crippen molar-refractivity contribution < 1.29 is 134 Å². The molecule has 0 aromatic heterocycles. The molecule has 618 valence electrons. The molecule has 0 aliphatic carbocycles. The smallest absolute Gasteiger partial charge is 0.338 e. The third-order valence-electron chi connectivity index (χ3n) is 18.0. The number of carboxylic acid groups (broad SMARTS) is 1. The van der Waals surface area contributed by atoms with Crippen LogP contribution in [0.25, 0.3) is 0 Å². The normalized spacial score (nSPS) is 14.4. The highest BCUT2D eigenvalue weighted by Gasteiger charge is 2.51. The second-order valence-electron chi connectivity index (χ2n) is 26.7. The summed E-state index contributed by atoms with van der Waals surface area (Å²) in [6.45, 7) is 1.06. The van der Waals surface area contributed by atoms with Gasteiger partial charge >= 0.3 is 65.7 Å². The Morgan fingerprint density at radius 1 is 0.308 bits per heavy atom. The van der Waals surface area contributed by atoms with Crippen molar-refractivity contribution in [3.63, 3.8) is 0 Å². The predicted octanol–water partition coefficient (Wildman–Crippen LogP) is 12.2. The number of unbranched alkanes of at least 4 members (excludes halogenated alkanes) is 5. The number of hydrogen-bond donors (Lipinski definition) is 3. The van der Waals surface area contributed by atoms with E-state index in [-0.39, 0.29) is 57.5 Å². The lowest BCUT2D eigenvalue weighted by molar-refractivity contribution is -0.287.